The molecule has 118 valence electrons. The lowest BCUT2D eigenvalue weighted by atomic mass is 10.3. The van der Waals surface area contributed by atoms with E-state index in [-0.39, 0.29) is 11.0 Å². The van der Waals surface area contributed by atoms with E-state index in [1.54, 1.807) is 24.6 Å². The van der Waals surface area contributed by atoms with Crippen LogP contribution in [0.2, 0.25) is 0 Å². The highest BCUT2D eigenvalue weighted by Gasteiger charge is 2.21. The van der Waals surface area contributed by atoms with Crippen molar-refractivity contribution < 1.29 is 4.79 Å². The summed E-state index contributed by atoms with van der Waals surface area (Å²) in [5.74, 6) is 0.0176. The number of Topliss-reactive ketones (excluding diaryl/α,β-unsaturated/α-hetero) is 1. The quantitative estimate of drug-likeness (QED) is 0.598. The zero-order valence-electron chi connectivity index (χ0n) is 13.0. The van der Waals surface area contributed by atoms with Crippen LogP contribution in [0.3, 0.4) is 0 Å². The van der Waals surface area contributed by atoms with Crippen LogP contribution in [0.25, 0.3) is 11.2 Å². The van der Waals surface area contributed by atoms with Gasteiger partial charge in [0.15, 0.2) is 16.3 Å². The summed E-state index contributed by atoms with van der Waals surface area (Å²) in [6.45, 7) is 7.35. The van der Waals surface area contributed by atoms with E-state index < -0.39 is 11.2 Å². The summed E-state index contributed by atoms with van der Waals surface area (Å²) < 4.78 is 4.07. The maximum Gasteiger partial charge on any atom is 0.332 e. The molecule has 8 heteroatoms. The summed E-state index contributed by atoms with van der Waals surface area (Å²) in [7, 11) is 3.00. The minimum atomic E-state index is -0.433. The van der Waals surface area contributed by atoms with Crippen LogP contribution in [0.5, 0.6) is 0 Å². The highest BCUT2D eigenvalue weighted by Crippen LogP contribution is 2.25. The van der Waals surface area contributed by atoms with Gasteiger partial charge in [0, 0.05) is 20.6 Å². The van der Waals surface area contributed by atoms with Crippen molar-refractivity contribution in [2.24, 2.45) is 14.1 Å². The van der Waals surface area contributed by atoms with E-state index in [0.717, 1.165) is 4.57 Å². The first-order valence-electron chi connectivity index (χ1n) is 6.73. The molecule has 22 heavy (non-hydrogen) atoms. The predicted octanol–water partition coefficient (Wildman–Crippen LogP) is 0.689. The molecule has 0 fully saturated rings. The topological polar surface area (TPSA) is 78.9 Å². The molecule has 2 aromatic heterocycles. The van der Waals surface area contributed by atoms with E-state index in [2.05, 4.69) is 11.6 Å². The molecule has 0 aliphatic rings. The number of aryl methyl sites for hydroxylation is 1. The van der Waals surface area contributed by atoms with Gasteiger partial charge in [-0.15, -0.1) is 6.58 Å². The lowest BCUT2D eigenvalue weighted by molar-refractivity contribution is -0.116. The Morgan fingerprint density at radius 3 is 2.55 bits per heavy atom. The Morgan fingerprint density at radius 2 is 2.00 bits per heavy atom. The second-order valence-corrected chi connectivity index (χ2v) is 6.35. The van der Waals surface area contributed by atoms with E-state index in [1.807, 2.05) is 0 Å². The monoisotopic (exact) mass is 322 g/mol. The van der Waals surface area contributed by atoms with Crippen LogP contribution >= 0.6 is 11.8 Å². The van der Waals surface area contributed by atoms with Gasteiger partial charge in [0.1, 0.15) is 5.78 Å². The van der Waals surface area contributed by atoms with Gasteiger partial charge in [-0.25, -0.2) is 9.78 Å². The fourth-order valence-electron chi connectivity index (χ4n) is 2.06. The number of thioether (sulfide) groups is 1. The van der Waals surface area contributed by atoms with Crippen LogP contribution in [0.15, 0.2) is 27.4 Å². The van der Waals surface area contributed by atoms with Crippen LogP contribution in [0.1, 0.15) is 13.8 Å². The molecule has 0 bridgehead atoms. The van der Waals surface area contributed by atoms with Crippen molar-refractivity contribution in [3.63, 3.8) is 0 Å². The van der Waals surface area contributed by atoms with Gasteiger partial charge < -0.3 is 4.57 Å². The summed E-state index contributed by atoms with van der Waals surface area (Å²) in [4.78, 5) is 40.3. The zero-order valence-corrected chi connectivity index (χ0v) is 13.8. The number of fused-ring (bicyclic) bond motifs is 1. The Bertz CT molecular complexity index is 875. The van der Waals surface area contributed by atoms with E-state index in [1.165, 1.54) is 30.3 Å². The molecular formula is C14H18N4O3S. The summed E-state index contributed by atoms with van der Waals surface area (Å²) in [6, 6.07) is 0. The maximum absolute atomic E-state index is 12.4. The molecule has 0 saturated heterocycles. The van der Waals surface area contributed by atoms with Gasteiger partial charge in [0.2, 0.25) is 0 Å². The van der Waals surface area contributed by atoms with Gasteiger partial charge in [-0.05, 0) is 13.8 Å². The molecule has 0 saturated carbocycles. The molecule has 0 radical (unpaired) electrons. The molecule has 0 spiro atoms. The number of hydrogen-bond donors (Lipinski definition) is 0. The van der Waals surface area contributed by atoms with Crippen LogP contribution in [0, 0.1) is 0 Å². The number of aromatic nitrogens is 4. The SMILES string of the molecule is C=CCn1c(S[C@H](C)C(C)=O)nc2c1c(=O)n(C)c(=O)n2C. The minimum Gasteiger partial charge on any atom is -0.309 e. The van der Waals surface area contributed by atoms with E-state index in [0.29, 0.717) is 22.9 Å². The van der Waals surface area contributed by atoms with Crippen molar-refractivity contribution in [2.75, 3.05) is 0 Å². The number of carbonyl (C=O) groups is 1. The maximum atomic E-state index is 12.4. The first-order chi connectivity index (χ1) is 10.3. The lowest BCUT2D eigenvalue weighted by Gasteiger charge is -2.09. The third-order valence-electron chi connectivity index (χ3n) is 3.48. The first kappa shape index (κ1) is 16.3. The van der Waals surface area contributed by atoms with E-state index >= 15 is 0 Å². The van der Waals surface area contributed by atoms with E-state index in [9.17, 15) is 14.4 Å². The number of ketones is 1. The Balaban J connectivity index is 2.81. The number of rotatable bonds is 5. The Morgan fingerprint density at radius 1 is 1.36 bits per heavy atom. The summed E-state index contributed by atoms with van der Waals surface area (Å²) in [5, 5.41) is 0.233. The van der Waals surface area contributed by atoms with Gasteiger partial charge >= 0.3 is 5.69 Å². The second kappa shape index (κ2) is 5.96. The average molecular weight is 322 g/mol. The largest absolute Gasteiger partial charge is 0.332 e. The molecule has 1 atom stereocenters. The fourth-order valence-corrected chi connectivity index (χ4v) is 2.97. The average Bonchev–Trinajstić information content (AvgIpc) is 2.82. The van der Waals surface area contributed by atoms with Crippen LogP contribution in [-0.2, 0) is 25.4 Å². The number of hydrogen-bond acceptors (Lipinski definition) is 5. The van der Waals surface area contributed by atoms with Gasteiger partial charge in [-0.1, -0.05) is 17.8 Å². The van der Waals surface area contributed by atoms with Crippen molar-refractivity contribution in [1.29, 1.82) is 0 Å². The van der Waals surface area contributed by atoms with E-state index in [4.69, 9.17) is 0 Å². The van der Waals surface area contributed by atoms with Crippen molar-refractivity contribution in [2.45, 2.75) is 30.8 Å². The molecule has 2 heterocycles. The normalized spacial score (nSPS) is 12.5. The van der Waals surface area contributed by atoms with Crippen molar-refractivity contribution in [3.05, 3.63) is 33.5 Å². The molecule has 2 rings (SSSR count). The van der Waals surface area contributed by atoms with Gasteiger partial charge in [0.05, 0.1) is 5.25 Å². The molecule has 0 N–H and O–H groups in total. The molecule has 2 aromatic rings. The summed E-state index contributed by atoms with van der Waals surface area (Å²) in [6.07, 6.45) is 1.65. The molecule has 7 nitrogen and oxygen atoms in total. The third-order valence-corrected chi connectivity index (χ3v) is 4.69. The number of allylic oxidation sites excluding steroid dienone is 1. The number of carbonyl (C=O) groups excluding carboxylic acids is 1. The fraction of sp³-hybridized carbons (Fsp3) is 0.429. The number of imidazole rings is 1. The summed E-state index contributed by atoms with van der Waals surface area (Å²) in [5.41, 5.74) is -0.192. The van der Waals surface area contributed by atoms with Crippen LogP contribution < -0.4 is 11.2 Å². The Kier molecular flexibility index (Phi) is 4.41. The van der Waals surface area contributed by atoms with Crippen molar-refractivity contribution in [1.82, 2.24) is 18.7 Å². The lowest BCUT2D eigenvalue weighted by Crippen LogP contribution is -2.37. The van der Waals surface area contributed by atoms with Gasteiger partial charge in [-0.3, -0.25) is 18.7 Å². The Hall–Kier alpha value is -2.09. The molecule has 0 aliphatic heterocycles. The molecule has 0 aromatic carbocycles. The minimum absolute atomic E-state index is 0.0176. The van der Waals surface area contributed by atoms with Gasteiger partial charge in [0.25, 0.3) is 5.56 Å². The predicted molar refractivity (Wildman–Crippen MR) is 86.4 cm³/mol. The molecule has 0 unspecified atom stereocenters. The number of nitrogens with zero attached hydrogens (tertiary/aromatic N) is 4. The first-order valence-corrected chi connectivity index (χ1v) is 7.61. The molecule has 0 aliphatic carbocycles. The highest BCUT2D eigenvalue weighted by atomic mass is 32.2. The van der Waals surface area contributed by atoms with Crippen LogP contribution in [0.4, 0.5) is 0 Å². The molecule has 0 amide bonds. The highest BCUT2D eigenvalue weighted by molar-refractivity contribution is 8.00. The third kappa shape index (κ3) is 2.54. The van der Waals surface area contributed by atoms with Crippen molar-refractivity contribution >= 4 is 28.7 Å². The zero-order chi connectivity index (χ0) is 16.6. The smallest absolute Gasteiger partial charge is 0.309 e. The van der Waals surface area contributed by atoms with Crippen LogP contribution in [-0.4, -0.2) is 29.7 Å². The van der Waals surface area contributed by atoms with Crippen molar-refractivity contribution in [3.8, 4) is 0 Å². The summed E-state index contributed by atoms with van der Waals surface area (Å²) >= 11 is 1.26. The standard InChI is InChI=1S/C14H18N4O3S/c1-6-7-18-10-11(15-13(18)22-9(3)8(2)19)16(4)14(21)17(5)12(10)20/h6,9H,1,7H2,2-5H3/t9-/m1/s1. The molecular weight excluding hydrogens is 304 g/mol. The Labute approximate surface area is 131 Å². The van der Waals surface area contributed by atoms with Gasteiger partial charge in [-0.2, -0.15) is 0 Å². The second-order valence-electron chi connectivity index (χ2n) is 5.04.